The van der Waals surface area contributed by atoms with Crippen molar-refractivity contribution in [2.75, 3.05) is 19.8 Å². The summed E-state index contributed by atoms with van der Waals surface area (Å²) in [6.45, 7) is 6.03. The SMILES string of the molecule is C=C(N=C=O)C(=O)OCCOCC. The quantitative estimate of drug-likeness (QED) is 0.198. The highest BCUT2D eigenvalue weighted by molar-refractivity contribution is 5.88. The summed E-state index contributed by atoms with van der Waals surface area (Å²) in [4.78, 5) is 23.6. The van der Waals surface area contributed by atoms with Gasteiger partial charge in [-0.3, -0.25) is 0 Å². The van der Waals surface area contributed by atoms with Crippen LogP contribution in [0.4, 0.5) is 0 Å². The van der Waals surface area contributed by atoms with E-state index in [2.05, 4.69) is 16.3 Å². The first-order chi connectivity index (χ1) is 6.22. The van der Waals surface area contributed by atoms with Crippen LogP contribution < -0.4 is 0 Å². The Balaban J connectivity index is 3.62. The molecule has 0 fully saturated rings. The average Bonchev–Trinajstić information content (AvgIpc) is 2.12. The Labute approximate surface area is 76.0 Å². The Morgan fingerprint density at radius 1 is 1.54 bits per heavy atom. The Morgan fingerprint density at radius 3 is 2.77 bits per heavy atom. The minimum Gasteiger partial charge on any atom is -0.459 e. The number of carbonyl (C=O) groups is 1. The molecule has 0 saturated heterocycles. The Bertz CT molecular complexity index is 230. The summed E-state index contributed by atoms with van der Waals surface area (Å²) in [6.07, 6.45) is 1.19. The van der Waals surface area contributed by atoms with Gasteiger partial charge in [0.15, 0.2) is 5.70 Å². The zero-order chi connectivity index (χ0) is 10.1. The maximum atomic E-state index is 10.8. The summed E-state index contributed by atoms with van der Waals surface area (Å²) >= 11 is 0. The van der Waals surface area contributed by atoms with Crippen LogP contribution in [0, 0.1) is 0 Å². The Kier molecular flexibility index (Phi) is 6.41. The maximum absolute atomic E-state index is 10.8. The zero-order valence-corrected chi connectivity index (χ0v) is 7.41. The lowest BCUT2D eigenvalue weighted by molar-refractivity contribution is -0.140. The smallest absolute Gasteiger partial charge is 0.357 e. The van der Waals surface area contributed by atoms with Crippen LogP contribution in [0.5, 0.6) is 0 Å². The fourth-order valence-corrected chi connectivity index (χ4v) is 0.522. The molecule has 0 radical (unpaired) electrons. The lowest BCUT2D eigenvalue weighted by Crippen LogP contribution is -2.11. The molecule has 0 aromatic rings. The van der Waals surface area contributed by atoms with E-state index in [-0.39, 0.29) is 12.3 Å². The molecule has 0 heterocycles. The lowest BCUT2D eigenvalue weighted by atomic mass is 10.5. The van der Waals surface area contributed by atoms with Gasteiger partial charge in [0.1, 0.15) is 6.61 Å². The summed E-state index contributed by atoms with van der Waals surface area (Å²) in [5.41, 5.74) is -0.258. The molecule has 0 aliphatic rings. The minimum absolute atomic E-state index is 0.125. The highest BCUT2D eigenvalue weighted by Crippen LogP contribution is 1.94. The average molecular weight is 185 g/mol. The second-order valence-electron chi connectivity index (χ2n) is 1.98. The van der Waals surface area contributed by atoms with Crippen molar-refractivity contribution in [3.63, 3.8) is 0 Å². The molecule has 5 nitrogen and oxygen atoms in total. The summed E-state index contributed by atoms with van der Waals surface area (Å²) in [7, 11) is 0. The Morgan fingerprint density at radius 2 is 2.23 bits per heavy atom. The van der Waals surface area contributed by atoms with E-state index in [0.29, 0.717) is 13.2 Å². The van der Waals surface area contributed by atoms with Gasteiger partial charge in [-0.25, -0.2) is 9.59 Å². The first-order valence-corrected chi connectivity index (χ1v) is 3.74. The topological polar surface area (TPSA) is 65.0 Å². The molecule has 0 bridgehead atoms. The monoisotopic (exact) mass is 185 g/mol. The van der Waals surface area contributed by atoms with Gasteiger partial charge in [-0.15, -0.1) is 0 Å². The van der Waals surface area contributed by atoms with Crippen molar-refractivity contribution in [2.24, 2.45) is 4.99 Å². The first-order valence-electron chi connectivity index (χ1n) is 3.74. The Hall–Kier alpha value is -1.45. The van der Waals surface area contributed by atoms with Crippen LogP contribution in [0.25, 0.3) is 0 Å². The third kappa shape index (κ3) is 5.78. The summed E-state index contributed by atoms with van der Waals surface area (Å²) < 4.78 is 9.53. The van der Waals surface area contributed by atoms with E-state index in [0.717, 1.165) is 0 Å². The molecule has 0 unspecified atom stereocenters. The summed E-state index contributed by atoms with van der Waals surface area (Å²) in [6, 6.07) is 0. The van der Waals surface area contributed by atoms with E-state index in [1.54, 1.807) is 0 Å². The lowest BCUT2D eigenvalue weighted by Gasteiger charge is -2.02. The number of isocyanates is 1. The fourth-order valence-electron chi connectivity index (χ4n) is 0.522. The number of carbonyl (C=O) groups excluding carboxylic acids is 2. The molecule has 0 spiro atoms. The van der Waals surface area contributed by atoms with Crippen LogP contribution in [0.3, 0.4) is 0 Å². The van der Waals surface area contributed by atoms with E-state index in [1.165, 1.54) is 6.08 Å². The number of aliphatic imine (C=N–C) groups is 1. The molecule has 0 aromatic carbocycles. The molecule has 72 valence electrons. The van der Waals surface area contributed by atoms with Crippen molar-refractivity contribution in [1.29, 1.82) is 0 Å². The normalized spacial score (nSPS) is 8.69. The minimum atomic E-state index is -0.733. The van der Waals surface area contributed by atoms with E-state index in [9.17, 15) is 9.59 Å². The number of hydrogen-bond donors (Lipinski definition) is 0. The van der Waals surface area contributed by atoms with Gasteiger partial charge < -0.3 is 9.47 Å². The number of nitrogens with zero attached hydrogens (tertiary/aromatic N) is 1. The first kappa shape index (κ1) is 11.6. The fraction of sp³-hybridized carbons (Fsp3) is 0.500. The van der Waals surface area contributed by atoms with Crippen molar-refractivity contribution in [1.82, 2.24) is 0 Å². The van der Waals surface area contributed by atoms with Gasteiger partial charge in [0.2, 0.25) is 6.08 Å². The molecule has 0 amide bonds. The summed E-state index contributed by atoms with van der Waals surface area (Å²) in [5, 5.41) is 0. The van der Waals surface area contributed by atoms with Crippen LogP contribution in [0.1, 0.15) is 6.92 Å². The van der Waals surface area contributed by atoms with Gasteiger partial charge in [0.05, 0.1) is 6.61 Å². The molecule has 0 N–H and O–H groups in total. The predicted octanol–water partition coefficient (Wildman–Crippen LogP) is 0.416. The van der Waals surface area contributed by atoms with Crippen LogP contribution >= 0.6 is 0 Å². The number of ether oxygens (including phenoxy) is 2. The third-order valence-electron chi connectivity index (χ3n) is 1.08. The van der Waals surface area contributed by atoms with E-state index < -0.39 is 5.97 Å². The number of esters is 1. The molecule has 0 saturated carbocycles. The molecule has 0 aliphatic heterocycles. The van der Waals surface area contributed by atoms with Gasteiger partial charge in [-0.2, -0.15) is 4.99 Å². The molecule has 0 rings (SSSR count). The second kappa shape index (κ2) is 7.21. The van der Waals surface area contributed by atoms with Gasteiger partial charge in [-0.05, 0) is 6.92 Å². The highest BCUT2D eigenvalue weighted by atomic mass is 16.6. The van der Waals surface area contributed by atoms with Gasteiger partial charge in [-0.1, -0.05) is 6.58 Å². The molecule has 0 atom stereocenters. The van der Waals surface area contributed by atoms with Crippen molar-refractivity contribution in [2.45, 2.75) is 6.92 Å². The van der Waals surface area contributed by atoms with Crippen molar-refractivity contribution in [3.8, 4) is 0 Å². The van der Waals surface area contributed by atoms with Gasteiger partial charge in [0.25, 0.3) is 0 Å². The zero-order valence-electron chi connectivity index (χ0n) is 7.41. The van der Waals surface area contributed by atoms with Crippen LogP contribution in [-0.4, -0.2) is 31.9 Å². The maximum Gasteiger partial charge on any atom is 0.357 e. The predicted molar refractivity (Wildman–Crippen MR) is 44.7 cm³/mol. The van der Waals surface area contributed by atoms with Crippen LogP contribution in [-0.2, 0) is 19.1 Å². The number of rotatable bonds is 6. The number of hydrogen-bond acceptors (Lipinski definition) is 5. The van der Waals surface area contributed by atoms with E-state index in [4.69, 9.17) is 4.74 Å². The van der Waals surface area contributed by atoms with Crippen LogP contribution in [0.2, 0.25) is 0 Å². The molecule has 0 aliphatic carbocycles. The molecule has 0 aromatic heterocycles. The van der Waals surface area contributed by atoms with Crippen molar-refractivity contribution < 1.29 is 19.1 Å². The molecule has 13 heavy (non-hydrogen) atoms. The van der Waals surface area contributed by atoms with Crippen molar-refractivity contribution in [3.05, 3.63) is 12.3 Å². The summed E-state index contributed by atoms with van der Waals surface area (Å²) in [5.74, 6) is -0.733. The van der Waals surface area contributed by atoms with Gasteiger partial charge in [0, 0.05) is 6.61 Å². The van der Waals surface area contributed by atoms with E-state index >= 15 is 0 Å². The highest BCUT2D eigenvalue weighted by Gasteiger charge is 2.06. The molecule has 5 heteroatoms. The van der Waals surface area contributed by atoms with E-state index in [1.807, 2.05) is 6.92 Å². The third-order valence-corrected chi connectivity index (χ3v) is 1.08. The largest absolute Gasteiger partial charge is 0.459 e. The van der Waals surface area contributed by atoms with Crippen LogP contribution in [0.15, 0.2) is 17.3 Å². The molecular formula is C8H11NO4. The standard InChI is InChI=1S/C8H11NO4/c1-3-12-4-5-13-8(11)7(2)9-6-10/h2-5H2,1H3. The molecular weight excluding hydrogens is 174 g/mol. The second-order valence-corrected chi connectivity index (χ2v) is 1.98. The van der Waals surface area contributed by atoms with Gasteiger partial charge >= 0.3 is 5.97 Å². The van der Waals surface area contributed by atoms with Crippen molar-refractivity contribution >= 4 is 12.0 Å².